The molecule has 0 bridgehead atoms. The summed E-state index contributed by atoms with van der Waals surface area (Å²) in [7, 11) is 0. The molecule has 0 saturated carbocycles. The molecule has 0 aliphatic carbocycles. The number of carbonyl (C=O) groups excluding carboxylic acids is 1. The van der Waals surface area contributed by atoms with Crippen molar-refractivity contribution in [1.29, 1.82) is 0 Å². The van der Waals surface area contributed by atoms with Gasteiger partial charge in [0, 0.05) is 24.7 Å². The van der Waals surface area contributed by atoms with Crippen LogP contribution >= 0.6 is 11.8 Å². The van der Waals surface area contributed by atoms with Crippen molar-refractivity contribution < 1.29 is 14.3 Å². The summed E-state index contributed by atoms with van der Waals surface area (Å²) in [5, 5.41) is 1.40. The fraction of sp³-hybridized carbons (Fsp3) is 0.440. The van der Waals surface area contributed by atoms with Crippen molar-refractivity contribution in [1.82, 2.24) is 14.5 Å². The molecule has 2 aliphatic rings. The van der Waals surface area contributed by atoms with E-state index >= 15 is 0 Å². The number of ether oxygens (including phenoxy) is 2. The van der Waals surface area contributed by atoms with Gasteiger partial charge < -0.3 is 14.4 Å². The van der Waals surface area contributed by atoms with Gasteiger partial charge in [-0.1, -0.05) is 23.9 Å². The van der Waals surface area contributed by atoms with Crippen LogP contribution in [0.15, 0.2) is 40.4 Å². The van der Waals surface area contributed by atoms with Gasteiger partial charge in [-0.05, 0) is 51.6 Å². The predicted octanol–water partition coefficient (Wildman–Crippen LogP) is 4.29. The molecule has 1 saturated heterocycles. The van der Waals surface area contributed by atoms with Crippen LogP contribution in [0.3, 0.4) is 0 Å². The lowest BCUT2D eigenvalue weighted by Crippen LogP contribution is -2.47. The topological polar surface area (TPSA) is 89.8 Å². The van der Waals surface area contributed by atoms with E-state index in [1.165, 1.54) is 11.8 Å². The zero-order chi connectivity index (χ0) is 24.9. The Kier molecular flexibility index (Phi) is 5.96. The van der Waals surface area contributed by atoms with Crippen LogP contribution in [0.25, 0.3) is 11.0 Å². The van der Waals surface area contributed by atoms with E-state index < -0.39 is 11.7 Å². The normalized spacial score (nSPS) is 16.3. The van der Waals surface area contributed by atoms with Gasteiger partial charge in [-0.15, -0.1) is 0 Å². The summed E-state index contributed by atoms with van der Waals surface area (Å²) in [5.41, 5.74) is 2.87. The largest absolute Gasteiger partial charge is 0.443 e. The minimum absolute atomic E-state index is 0.0745. The third-order valence-electron chi connectivity index (χ3n) is 6.13. The van der Waals surface area contributed by atoms with Crippen LogP contribution in [0, 0.1) is 6.92 Å². The Bertz CT molecular complexity index is 1360. The molecular formula is C25H29N5O4S. The van der Waals surface area contributed by atoms with E-state index in [2.05, 4.69) is 9.97 Å². The number of anilines is 3. The third kappa shape index (κ3) is 4.25. The molecule has 0 N–H and O–H groups in total. The van der Waals surface area contributed by atoms with Crippen molar-refractivity contribution in [3.05, 3.63) is 46.4 Å². The second-order valence-electron chi connectivity index (χ2n) is 9.76. The smallest absolute Gasteiger partial charge is 0.414 e. The molecule has 1 fully saturated rings. The molecule has 0 spiro atoms. The number of nitrogens with zero attached hydrogens (tertiary/aromatic N) is 5. The number of aryl methyl sites for hydroxylation is 1. The van der Waals surface area contributed by atoms with Crippen LogP contribution < -0.4 is 15.4 Å². The lowest BCUT2D eigenvalue weighted by molar-refractivity contribution is -0.0230. The first kappa shape index (κ1) is 23.6. The summed E-state index contributed by atoms with van der Waals surface area (Å²) in [6.45, 7) is 9.30. The number of hydrogen-bond donors (Lipinski definition) is 0. The van der Waals surface area contributed by atoms with Gasteiger partial charge in [0.15, 0.2) is 5.16 Å². The highest BCUT2D eigenvalue weighted by Gasteiger charge is 2.34. The van der Waals surface area contributed by atoms with Gasteiger partial charge >= 0.3 is 6.09 Å². The molecule has 1 aromatic carbocycles. The van der Waals surface area contributed by atoms with Gasteiger partial charge in [-0.3, -0.25) is 14.3 Å². The molecule has 10 heteroatoms. The Hall–Kier alpha value is -3.11. The van der Waals surface area contributed by atoms with Gasteiger partial charge in [0.1, 0.15) is 16.9 Å². The molecule has 0 unspecified atom stereocenters. The number of pyridine rings is 1. The molecular weight excluding hydrogens is 466 g/mol. The quantitative estimate of drug-likeness (QED) is 0.393. The van der Waals surface area contributed by atoms with Crippen LogP contribution in [0.4, 0.5) is 21.9 Å². The molecule has 184 valence electrons. The van der Waals surface area contributed by atoms with Gasteiger partial charge in [-0.25, -0.2) is 14.8 Å². The zero-order valence-corrected chi connectivity index (χ0v) is 21.4. The van der Waals surface area contributed by atoms with Gasteiger partial charge in [0.25, 0.3) is 5.56 Å². The summed E-state index contributed by atoms with van der Waals surface area (Å²) < 4.78 is 12.8. The maximum atomic E-state index is 13.9. The van der Waals surface area contributed by atoms with E-state index in [-0.39, 0.29) is 11.6 Å². The molecule has 35 heavy (non-hydrogen) atoms. The first-order chi connectivity index (χ1) is 16.7. The number of thioether (sulfide) groups is 1. The van der Waals surface area contributed by atoms with Gasteiger partial charge in [-0.2, -0.15) is 0 Å². The number of carbonyl (C=O) groups is 1. The van der Waals surface area contributed by atoms with E-state index in [1.807, 2.05) is 63.1 Å². The standard InChI is InChI=1S/C25H29N5O4S/c1-15-7-6-8-18-20(15)29(24(32)34-25(2,3)4)10-9-28(18)19-11-16-12-26-23(35-5)27-21(16)30(22(19)31)17-13-33-14-17/h6-8,11-12,17H,9-10,13-14H2,1-5H3. The minimum Gasteiger partial charge on any atom is -0.443 e. The minimum atomic E-state index is -0.608. The van der Waals surface area contributed by atoms with E-state index in [4.69, 9.17) is 9.47 Å². The highest BCUT2D eigenvalue weighted by atomic mass is 32.2. The fourth-order valence-electron chi connectivity index (χ4n) is 4.49. The monoisotopic (exact) mass is 495 g/mol. The van der Waals surface area contributed by atoms with Crippen molar-refractivity contribution >= 4 is 46.0 Å². The molecule has 3 aromatic rings. The number of amides is 1. The second kappa shape index (κ2) is 8.83. The average molecular weight is 496 g/mol. The van der Waals surface area contributed by atoms with Crippen molar-refractivity contribution in [2.24, 2.45) is 0 Å². The van der Waals surface area contributed by atoms with Crippen LogP contribution in [0.1, 0.15) is 32.4 Å². The maximum Gasteiger partial charge on any atom is 0.414 e. The van der Waals surface area contributed by atoms with Crippen molar-refractivity contribution in [2.45, 2.75) is 44.5 Å². The molecule has 0 radical (unpaired) electrons. The van der Waals surface area contributed by atoms with Crippen molar-refractivity contribution in [3.63, 3.8) is 0 Å². The van der Waals surface area contributed by atoms with E-state index in [1.54, 1.807) is 15.7 Å². The average Bonchev–Trinajstić information content (AvgIpc) is 2.77. The van der Waals surface area contributed by atoms with Crippen LogP contribution in [0.5, 0.6) is 0 Å². The van der Waals surface area contributed by atoms with Crippen LogP contribution in [-0.2, 0) is 9.47 Å². The summed E-state index contributed by atoms with van der Waals surface area (Å²) in [6.07, 6.45) is 3.28. The molecule has 0 atom stereocenters. The Morgan fingerprint density at radius 3 is 2.63 bits per heavy atom. The molecule has 5 rings (SSSR count). The molecule has 4 heterocycles. The maximum absolute atomic E-state index is 13.9. The Balaban J connectivity index is 1.65. The Labute approximate surface area is 208 Å². The van der Waals surface area contributed by atoms with Crippen LogP contribution in [-0.4, -0.2) is 58.8 Å². The number of rotatable bonds is 3. The van der Waals surface area contributed by atoms with E-state index in [0.717, 1.165) is 22.3 Å². The SMILES string of the molecule is CSc1ncc2cc(N3CCN(C(=O)OC(C)(C)C)c4c(C)cccc43)c(=O)n(C3COC3)c2n1. The van der Waals surface area contributed by atoms with Gasteiger partial charge in [0.2, 0.25) is 0 Å². The highest BCUT2D eigenvalue weighted by Crippen LogP contribution is 2.40. The highest BCUT2D eigenvalue weighted by molar-refractivity contribution is 7.98. The van der Waals surface area contributed by atoms with Crippen molar-refractivity contribution in [3.8, 4) is 0 Å². The number of para-hydroxylation sites is 1. The first-order valence-electron chi connectivity index (χ1n) is 11.6. The summed E-state index contributed by atoms with van der Waals surface area (Å²) in [6, 6.07) is 7.61. The number of aromatic nitrogens is 3. The van der Waals surface area contributed by atoms with Crippen molar-refractivity contribution in [2.75, 3.05) is 42.4 Å². The lowest BCUT2D eigenvalue weighted by atomic mass is 10.1. The Morgan fingerprint density at radius 1 is 1.20 bits per heavy atom. The van der Waals surface area contributed by atoms with E-state index in [0.29, 0.717) is 42.8 Å². The summed E-state index contributed by atoms with van der Waals surface area (Å²) >= 11 is 1.44. The predicted molar refractivity (Wildman–Crippen MR) is 137 cm³/mol. The first-order valence-corrected chi connectivity index (χ1v) is 12.8. The van der Waals surface area contributed by atoms with Crippen LogP contribution in [0.2, 0.25) is 0 Å². The Morgan fingerprint density at radius 2 is 1.97 bits per heavy atom. The molecule has 1 amide bonds. The molecule has 2 aromatic heterocycles. The lowest BCUT2D eigenvalue weighted by Gasteiger charge is -2.39. The molecule has 2 aliphatic heterocycles. The zero-order valence-electron chi connectivity index (χ0n) is 20.6. The number of benzene rings is 1. The third-order valence-corrected chi connectivity index (χ3v) is 6.69. The fourth-order valence-corrected chi connectivity index (χ4v) is 4.82. The summed E-state index contributed by atoms with van der Waals surface area (Å²) in [5.74, 6) is 0. The molecule has 9 nitrogen and oxygen atoms in total. The second-order valence-corrected chi connectivity index (χ2v) is 10.5. The van der Waals surface area contributed by atoms with Gasteiger partial charge in [0.05, 0.1) is 30.6 Å². The summed E-state index contributed by atoms with van der Waals surface area (Å²) in [4.78, 5) is 39.7. The number of hydrogen-bond acceptors (Lipinski definition) is 8. The number of fused-ring (bicyclic) bond motifs is 2. The van der Waals surface area contributed by atoms with E-state index in [9.17, 15) is 9.59 Å².